The summed E-state index contributed by atoms with van der Waals surface area (Å²) in [5, 5.41) is 8.67. The van der Waals surface area contributed by atoms with Crippen LogP contribution in [-0.2, 0) is 0 Å². The maximum absolute atomic E-state index is 8.67. The van der Waals surface area contributed by atoms with Crippen molar-refractivity contribution in [3.63, 3.8) is 0 Å². The molecule has 0 aromatic heterocycles. The molecule has 0 spiro atoms. The molecule has 0 aliphatic rings. The number of nitriles is 1. The molecule has 0 radical (unpaired) electrons. The third-order valence-electron chi connectivity index (χ3n) is 2.12. The Bertz CT molecular complexity index is 583. The average Bonchev–Trinajstić information content (AvgIpc) is 2.41. The summed E-state index contributed by atoms with van der Waals surface area (Å²) in [5.74, 6) is 3.11. The van der Waals surface area contributed by atoms with Crippen LogP contribution in [0.3, 0.4) is 0 Å². The second kappa shape index (κ2) is 5.92. The van der Waals surface area contributed by atoms with E-state index in [1.165, 1.54) is 4.46 Å². The molecule has 0 saturated carbocycles. The summed E-state index contributed by atoms with van der Waals surface area (Å²) in [6, 6.07) is 19.7. The number of hydrogen-bond acceptors (Lipinski definition) is 1. The van der Waals surface area contributed by atoms with Crippen LogP contribution in [0, 0.1) is 22.1 Å². The fourth-order valence-electron chi connectivity index (χ4n) is 1.26. The Labute approximate surface area is 107 Å². The zero-order valence-electron chi connectivity index (χ0n) is 9.05. The minimum absolute atomic E-state index is 0.190. The predicted octanol–water partition coefficient (Wildman–Crippen LogP) is 1.90. The van der Waals surface area contributed by atoms with Crippen molar-refractivity contribution < 1.29 is 0 Å². The van der Waals surface area contributed by atoms with Crippen molar-refractivity contribution in [1.29, 1.82) is 5.26 Å². The van der Waals surface area contributed by atoms with E-state index in [0.29, 0.717) is 5.56 Å². The van der Waals surface area contributed by atoms with Gasteiger partial charge in [-0.15, -0.1) is 0 Å². The van der Waals surface area contributed by atoms with Crippen molar-refractivity contribution in [2.75, 3.05) is 0 Å². The van der Waals surface area contributed by atoms with Crippen molar-refractivity contribution in [3.05, 3.63) is 65.7 Å². The van der Waals surface area contributed by atoms with E-state index in [1.807, 2.05) is 30.3 Å². The quantitative estimate of drug-likeness (QED) is 0.579. The molecule has 2 aromatic rings. The zero-order valence-corrected chi connectivity index (χ0v) is 10.8. The van der Waals surface area contributed by atoms with E-state index in [9.17, 15) is 0 Å². The SMILES string of the molecule is N#Cc1ccc(C#C[Se]c2ccccc2)cc1. The van der Waals surface area contributed by atoms with Crippen LogP contribution < -0.4 is 4.46 Å². The van der Waals surface area contributed by atoms with Gasteiger partial charge < -0.3 is 0 Å². The number of rotatable bonds is 1. The van der Waals surface area contributed by atoms with Crippen LogP contribution >= 0.6 is 0 Å². The number of nitrogens with zero attached hydrogens (tertiary/aromatic N) is 1. The first-order valence-corrected chi connectivity index (χ1v) is 6.83. The Morgan fingerprint density at radius 1 is 0.824 bits per heavy atom. The fraction of sp³-hybridized carbons (Fsp3) is 0. The molecule has 0 fully saturated rings. The summed E-state index contributed by atoms with van der Waals surface area (Å²) in [5.41, 5.74) is 1.63. The number of benzene rings is 2. The molecule has 0 aliphatic heterocycles. The molecule has 0 atom stereocenters. The van der Waals surface area contributed by atoms with Crippen LogP contribution in [0.4, 0.5) is 0 Å². The molecule has 2 aromatic carbocycles. The molecular weight excluding hydrogens is 273 g/mol. The van der Waals surface area contributed by atoms with Crippen LogP contribution in [0.1, 0.15) is 11.1 Å². The number of hydrogen-bond donors (Lipinski definition) is 0. The van der Waals surface area contributed by atoms with Gasteiger partial charge >= 0.3 is 107 Å². The first-order chi connectivity index (χ1) is 8.38. The average molecular weight is 282 g/mol. The summed E-state index contributed by atoms with van der Waals surface area (Å²) in [7, 11) is 0. The van der Waals surface area contributed by atoms with Crippen LogP contribution in [0.15, 0.2) is 54.6 Å². The third-order valence-corrected chi connectivity index (χ3v) is 3.62. The second-order valence-corrected chi connectivity index (χ2v) is 5.18. The Morgan fingerprint density at radius 3 is 2.12 bits per heavy atom. The topological polar surface area (TPSA) is 23.8 Å². The minimum atomic E-state index is 0.190. The van der Waals surface area contributed by atoms with E-state index in [0.717, 1.165) is 5.56 Å². The molecule has 2 rings (SSSR count). The second-order valence-electron chi connectivity index (χ2n) is 3.33. The van der Waals surface area contributed by atoms with Crippen LogP contribution in [0.25, 0.3) is 0 Å². The normalized spacial score (nSPS) is 8.88. The fourth-order valence-corrected chi connectivity index (χ4v) is 2.48. The van der Waals surface area contributed by atoms with Gasteiger partial charge in [0.2, 0.25) is 0 Å². The van der Waals surface area contributed by atoms with Gasteiger partial charge in [0.05, 0.1) is 0 Å². The van der Waals surface area contributed by atoms with E-state index in [4.69, 9.17) is 5.26 Å². The van der Waals surface area contributed by atoms with Crippen molar-refractivity contribution in [2.24, 2.45) is 0 Å². The van der Waals surface area contributed by atoms with E-state index < -0.39 is 0 Å². The summed E-state index contributed by atoms with van der Waals surface area (Å²) < 4.78 is 1.28. The van der Waals surface area contributed by atoms with Crippen LogP contribution in [0.2, 0.25) is 0 Å². The van der Waals surface area contributed by atoms with Crippen LogP contribution in [-0.4, -0.2) is 15.0 Å². The summed E-state index contributed by atoms with van der Waals surface area (Å²) in [6.45, 7) is 0. The molecule has 2 heteroatoms. The monoisotopic (exact) mass is 283 g/mol. The first-order valence-electron chi connectivity index (χ1n) is 5.11. The van der Waals surface area contributed by atoms with Gasteiger partial charge in [0.25, 0.3) is 0 Å². The Kier molecular flexibility index (Phi) is 4.00. The van der Waals surface area contributed by atoms with Crippen LogP contribution in [0.5, 0.6) is 0 Å². The van der Waals surface area contributed by atoms with Gasteiger partial charge in [-0.2, -0.15) is 0 Å². The molecule has 80 valence electrons. The van der Waals surface area contributed by atoms with Gasteiger partial charge in [-0.1, -0.05) is 0 Å². The van der Waals surface area contributed by atoms with Gasteiger partial charge in [-0.05, 0) is 0 Å². The molecular formula is C15H9NSe. The molecule has 0 unspecified atom stereocenters. The maximum atomic E-state index is 8.67. The van der Waals surface area contributed by atoms with Gasteiger partial charge in [0.15, 0.2) is 0 Å². The van der Waals surface area contributed by atoms with E-state index in [-0.39, 0.29) is 15.0 Å². The molecule has 0 aliphatic carbocycles. The molecule has 0 bridgehead atoms. The molecule has 0 N–H and O–H groups in total. The zero-order chi connectivity index (χ0) is 11.9. The van der Waals surface area contributed by atoms with E-state index in [2.05, 4.69) is 28.9 Å². The van der Waals surface area contributed by atoms with E-state index >= 15 is 0 Å². The molecule has 1 nitrogen and oxygen atoms in total. The van der Waals surface area contributed by atoms with Crippen molar-refractivity contribution >= 4 is 19.4 Å². The Morgan fingerprint density at radius 2 is 1.47 bits per heavy atom. The predicted molar refractivity (Wildman–Crippen MR) is 69.9 cm³/mol. The van der Waals surface area contributed by atoms with Gasteiger partial charge in [-0.3, -0.25) is 0 Å². The summed E-state index contributed by atoms with van der Waals surface area (Å²) in [4.78, 5) is 3.19. The molecule has 17 heavy (non-hydrogen) atoms. The Balaban J connectivity index is 2.04. The van der Waals surface area contributed by atoms with Gasteiger partial charge in [-0.25, -0.2) is 0 Å². The molecule has 0 saturated heterocycles. The van der Waals surface area contributed by atoms with Gasteiger partial charge in [0.1, 0.15) is 0 Å². The van der Waals surface area contributed by atoms with Crippen molar-refractivity contribution in [1.82, 2.24) is 0 Å². The standard InChI is InChI=1S/C15H9NSe/c16-12-14-8-6-13(7-9-14)10-11-17-15-4-2-1-3-5-15/h1-9H. The molecule has 0 amide bonds. The van der Waals surface area contributed by atoms with Crippen molar-refractivity contribution in [2.45, 2.75) is 0 Å². The van der Waals surface area contributed by atoms with E-state index in [1.54, 1.807) is 12.1 Å². The summed E-state index contributed by atoms with van der Waals surface area (Å²) >= 11 is 0.190. The third kappa shape index (κ3) is 3.51. The Hall–Kier alpha value is -1.99. The summed E-state index contributed by atoms with van der Waals surface area (Å²) in [6.07, 6.45) is 0. The van der Waals surface area contributed by atoms with Gasteiger partial charge in [0, 0.05) is 0 Å². The first kappa shape index (κ1) is 11.5. The molecule has 0 heterocycles. The van der Waals surface area contributed by atoms with Crippen molar-refractivity contribution in [3.8, 4) is 16.8 Å².